The van der Waals surface area contributed by atoms with Gasteiger partial charge in [0.05, 0.1) is 0 Å². The second kappa shape index (κ2) is 9.14. The predicted molar refractivity (Wildman–Crippen MR) is 87.5 cm³/mol. The number of amides is 1. The summed E-state index contributed by atoms with van der Waals surface area (Å²) in [5, 5.41) is 3.02. The van der Waals surface area contributed by atoms with Crippen molar-refractivity contribution in [2.45, 2.75) is 45.6 Å². The van der Waals surface area contributed by atoms with E-state index in [0.29, 0.717) is 12.3 Å². The lowest BCUT2D eigenvalue weighted by Gasteiger charge is -2.16. The number of carbonyl (C=O) groups is 1. The summed E-state index contributed by atoms with van der Waals surface area (Å²) in [5.41, 5.74) is 6.96. The third kappa shape index (κ3) is 7.06. The molecule has 0 saturated heterocycles. The molecule has 3 N–H and O–H groups in total. The standard InChI is InChI=1S/C16H25BrN2O/c1-3-13(9-14-5-4-6-15(17)10-14)11-19-16(20)8-7-12(2)18/h4-6,10,12-13H,3,7-9,11,18H2,1-2H3,(H,19,20). The highest BCUT2D eigenvalue weighted by Crippen LogP contribution is 2.16. The van der Waals surface area contributed by atoms with Crippen molar-refractivity contribution in [1.29, 1.82) is 0 Å². The predicted octanol–water partition coefficient (Wildman–Crippen LogP) is 3.26. The fourth-order valence-corrected chi connectivity index (χ4v) is 2.51. The molecule has 0 aromatic heterocycles. The minimum atomic E-state index is 0.0874. The molecule has 4 heteroatoms. The maximum Gasteiger partial charge on any atom is 0.220 e. The van der Waals surface area contributed by atoms with Gasteiger partial charge in [-0.05, 0) is 43.4 Å². The van der Waals surface area contributed by atoms with E-state index in [1.54, 1.807) is 0 Å². The quantitative estimate of drug-likeness (QED) is 0.763. The lowest BCUT2D eigenvalue weighted by molar-refractivity contribution is -0.121. The first-order chi connectivity index (χ1) is 9.51. The zero-order valence-corrected chi connectivity index (χ0v) is 13.9. The van der Waals surface area contributed by atoms with Crippen LogP contribution in [0.25, 0.3) is 0 Å². The molecular formula is C16H25BrN2O. The van der Waals surface area contributed by atoms with Gasteiger partial charge in [-0.25, -0.2) is 0 Å². The highest BCUT2D eigenvalue weighted by atomic mass is 79.9. The molecule has 20 heavy (non-hydrogen) atoms. The molecular weight excluding hydrogens is 316 g/mol. The highest BCUT2D eigenvalue weighted by molar-refractivity contribution is 9.10. The van der Waals surface area contributed by atoms with E-state index in [0.717, 1.165) is 30.3 Å². The molecule has 112 valence electrons. The SMILES string of the molecule is CCC(CNC(=O)CCC(C)N)Cc1cccc(Br)c1. The van der Waals surface area contributed by atoms with E-state index >= 15 is 0 Å². The molecule has 3 nitrogen and oxygen atoms in total. The van der Waals surface area contributed by atoms with Gasteiger partial charge in [-0.3, -0.25) is 4.79 Å². The van der Waals surface area contributed by atoms with Crippen LogP contribution in [0.15, 0.2) is 28.7 Å². The highest BCUT2D eigenvalue weighted by Gasteiger charge is 2.10. The third-order valence-corrected chi connectivity index (χ3v) is 3.90. The smallest absolute Gasteiger partial charge is 0.220 e. The maximum absolute atomic E-state index is 11.7. The Morgan fingerprint density at radius 1 is 1.45 bits per heavy atom. The number of benzene rings is 1. The minimum Gasteiger partial charge on any atom is -0.356 e. The van der Waals surface area contributed by atoms with Gasteiger partial charge < -0.3 is 11.1 Å². The van der Waals surface area contributed by atoms with Crippen molar-refractivity contribution in [1.82, 2.24) is 5.32 Å². The first kappa shape index (κ1) is 17.2. The molecule has 0 aliphatic carbocycles. The van der Waals surface area contributed by atoms with Crippen molar-refractivity contribution in [3.63, 3.8) is 0 Å². The van der Waals surface area contributed by atoms with Crippen molar-refractivity contribution in [3.05, 3.63) is 34.3 Å². The Balaban J connectivity index is 2.38. The van der Waals surface area contributed by atoms with E-state index in [-0.39, 0.29) is 11.9 Å². The third-order valence-electron chi connectivity index (χ3n) is 3.41. The molecule has 1 aromatic carbocycles. The van der Waals surface area contributed by atoms with Gasteiger partial charge in [-0.15, -0.1) is 0 Å². The Kier molecular flexibility index (Phi) is 7.85. The summed E-state index contributed by atoms with van der Waals surface area (Å²) in [6.07, 6.45) is 3.31. The van der Waals surface area contributed by atoms with Gasteiger partial charge in [-0.1, -0.05) is 41.4 Å². The molecule has 0 aliphatic heterocycles. The van der Waals surface area contributed by atoms with Crippen molar-refractivity contribution in [3.8, 4) is 0 Å². The van der Waals surface area contributed by atoms with Crippen LogP contribution >= 0.6 is 15.9 Å². The van der Waals surface area contributed by atoms with Crippen molar-refractivity contribution in [2.75, 3.05) is 6.54 Å². The van der Waals surface area contributed by atoms with Gasteiger partial charge in [-0.2, -0.15) is 0 Å². The zero-order chi connectivity index (χ0) is 15.0. The molecule has 0 spiro atoms. The molecule has 0 aliphatic rings. The van der Waals surface area contributed by atoms with Crippen LogP contribution in [0.3, 0.4) is 0 Å². The molecule has 0 bridgehead atoms. The Labute approximate surface area is 130 Å². The van der Waals surface area contributed by atoms with Crippen LogP contribution in [0.2, 0.25) is 0 Å². The summed E-state index contributed by atoms with van der Waals surface area (Å²) in [4.78, 5) is 11.7. The number of carbonyl (C=O) groups excluding carboxylic acids is 1. The van der Waals surface area contributed by atoms with Crippen LogP contribution in [0, 0.1) is 5.92 Å². The van der Waals surface area contributed by atoms with Gasteiger partial charge >= 0.3 is 0 Å². The van der Waals surface area contributed by atoms with Crippen molar-refractivity contribution in [2.24, 2.45) is 11.7 Å². The summed E-state index contributed by atoms with van der Waals surface area (Å²) in [6.45, 7) is 4.83. The van der Waals surface area contributed by atoms with E-state index in [2.05, 4.69) is 40.3 Å². The van der Waals surface area contributed by atoms with E-state index < -0.39 is 0 Å². The molecule has 2 unspecified atom stereocenters. The van der Waals surface area contributed by atoms with Crippen LogP contribution in [0.5, 0.6) is 0 Å². The minimum absolute atomic E-state index is 0.0874. The summed E-state index contributed by atoms with van der Waals surface area (Å²) >= 11 is 3.49. The summed E-state index contributed by atoms with van der Waals surface area (Å²) in [5.74, 6) is 0.582. The van der Waals surface area contributed by atoms with E-state index in [1.165, 1.54) is 5.56 Å². The summed E-state index contributed by atoms with van der Waals surface area (Å²) in [6, 6.07) is 8.43. The molecule has 1 aromatic rings. The monoisotopic (exact) mass is 340 g/mol. The number of hydrogen-bond donors (Lipinski definition) is 2. The topological polar surface area (TPSA) is 55.1 Å². The first-order valence-corrected chi connectivity index (χ1v) is 8.07. The normalized spacial score (nSPS) is 13.8. The number of rotatable bonds is 8. The first-order valence-electron chi connectivity index (χ1n) is 7.28. The van der Waals surface area contributed by atoms with Crippen LogP contribution in [0.4, 0.5) is 0 Å². The molecule has 0 heterocycles. The van der Waals surface area contributed by atoms with Crippen LogP contribution < -0.4 is 11.1 Å². The summed E-state index contributed by atoms with van der Waals surface area (Å²) in [7, 11) is 0. The largest absolute Gasteiger partial charge is 0.356 e. The maximum atomic E-state index is 11.7. The number of halogens is 1. The Hall–Kier alpha value is -0.870. The van der Waals surface area contributed by atoms with Crippen LogP contribution in [-0.4, -0.2) is 18.5 Å². The van der Waals surface area contributed by atoms with Gasteiger partial charge in [0.25, 0.3) is 0 Å². The molecule has 0 fully saturated rings. The van der Waals surface area contributed by atoms with Gasteiger partial charge in [0.2, 0.25) is 5.91 Å². The van der Waals surface area contributed by atoms with Gasteiger partial charge in [0.1, 0.15) is 0 Å². The lowest BCUT2D eigenvalue weighted by atomic mass is 9.97. The number of hydrogen-bond acceptors (Lipinski definition) is 2. The molecule has 0 saturated carbocycles. The van der Waals surface area contributed by atoms with E-state index in [4.69, 9.17) is 5.73 Å². The fraction of sp³-hybridized carbons (Fsp3) is 0.562. The number of nitrogens with one attached hydrogen (secondary N) is 1. The average Bonchev–Trinajstić information content (AvgIpc) is 2.41. The van der Waals surface area contributed by atoms with E-state index in [1.807, 2.05) is 19.1 Å². The Morgan fingerprint density at radius 2 is 2.20 bits per heavy atom. The van der Waals surface area contributed by atoms with Gasteiger partial charge in [0.15, 0.2) is 0 Å². The second-order valence-corrected chi connectivity index (χ2v) is 6.34. The molecule has 2 atom stereocenters. The van der Waals surface area contributed by atoms with Crippen molar-refractivity contribution < 1.29 is 4.79 Å². The number of nitrogens with two attached hydrogens (primary N) is 1. The second-order valence-electron chi connectivity index (χ2n) is 5.43. The van der Waals surface area contributed by atoms with Crippen molar-refractivity contribution >= 4 is 21.8 Å². The molecule has 0 radical (unpaired) electrons. The Bertz CT molecular complexity index is 421. The molecule has 1 rings (SSSR count). The lowest BCUT2D eigenvalue weighted by Crippen LogP contribution is -2.31. The average molecular weight is 341 g/mol. The van der Waals surface area contributed by atoms with E-state index in [9.17, 15) is 4.79 Å². The zero-order valence-electron chi connectivity index (χ0n) is 12.4. The molecule has 1 amide bonds. The van der Waals surface area contributed by atoms with Crippen LogP contribution in [0.1, 0.15) is 38.7 Å². The van der Waals surface area contributed by atoms with Crippen LogP contribution in [-0.2, 0) is 11.2 Å². The summed E-state index contributed by atoms with van der Waals surface area (Å²) < 4.78 is 1.10. The van der Waals surface area contributed by atoms with Gasteiger partial charge in [0, 0.05) is 23.5 Å². The Morgan fingerprint density at radius 3 is 2.80 bits per heavy atom. The fourth-order valence-electron chi connectivity index (χ4n) is 2.06.